The average Bonchev–Trinajstić information content (AvgIpc) is 3.21. The number of carbonyl (C=O) groups excluding carboxylic acids is 2. The van der Waals surface area contributed by atoms with Crippen molar-refractivity contribution in [2.24, 2.45) is 4.99 Å². The molecule has 0 spiro atoms. The van der Waals surface area contributed by atoms with Crippen molar-refractivity contribution in [2.45, 2.75) is 31.4 Å². The largest absolute Gasteiger partial charge is 0.544 e. The Bertz CT molecular complexity index is 886. The number of carboxylic acids is 1. The van der Waals surface area contributed by atoms with E-state index in [9.17, 15) is 14.7 Å². The van der Waals surface area contributed by atoms with E-state index in [1.54, 1.807) is 0 Å². The molecule has 1 aliphatic heterocycles. The van der Waals surface area contributed by atoms with Crippen LogP contribution >= 0.6 is 0 Å². The SMILES string of the molecule is C[C@H](c1c[nH]c2ccccc12)[C@@H]1OC(=N/C=C/C[C@@H]([NH3+])C(=O)[O-])NC1=O. The monoisotopic (exact) mass is 356 g/mol. The van der Waals surface area contributed by atoms with E-state index < -0.39 is 18.1 Å². The number of nitrogens with zero attached hydrogens (tertiary/aromatic N) is 1. The van der Waals surface area contributed by atoms with Crippen LogP contribution in [0.4, 0.5) is 0 Å². The van der Waals surface area contributed by atoms with Gasteiger partial charge in [-0.2, -0.15) is 0 Å². The average molecular weight is 356 g/mol. The Morgan fingerprint density at radius 3 is 3.00 bits per heavy atom. The fourth-order valence-corrected chi connectivity index (χ4v) is 2.85. The molecule has 3 rings (SSSR count). The van der Waals surface area contributed by atoms with Crippen LogP contribution in [-0.2, 0) is 14.3 Å². The molecule has 8 nitrogen and oxygen atoms in total. The minimum atomic E-state index is -1.22. The fourth-order valence-electron chi connectivity index (χ4n) is 2.85. The summed E-state index contributed by atoms with van der Waals surface area (Å²) >= 11 is 0. The van der Waals surface area contributed by atoms with Crippen molar-refractivity contribution < 1.29 is 25.2 Å². The van der Waals surface area contributed by atoms with Crippen molar-refractivity contribution in [3.8, 4) is 0 Å². The van der Waals surface area contributed by atoms with E-state index in [-0.39, 0.29) is 24.3 Å². The molecule has 0 saturated carbocycles. The van der Waals surface area contributed by atoms with Gasteiger partial charge in [-0.15, -0.1) is 0 Å². The number of H-pyrrole nitrogens is 1. The third kappa shape index (κ3) is 3.60. The van der Waals surface area contributed by atoms with E-state index in [0.717, 1.165) is 16.5 Å². The highest BCUT2D eigenvalue weighted by molar-refractivity contribution is 6.03. The van der Waals surface area contributed by atoms with Crippen LogP contribution in [0.3, 0.4) is 0 Å². The molecule has 0 aliphatic carbocycles. The van der Waals surface area contributed by atoms with Crippen molar-refractivity contribution in [1.82, 2.24) is 10.3 Å². The van der Waals surface area contributed by atoms with Gasteiger partial charge in [0.05, 0.1) is 5.97 Å². The van der Waals surface area contributed by atoms with Crippen molar-refractivity contribution in [2.75, 3.05) is 0 Å². The quantitative estimate of drug-likeness (QED) is 0.637. The Labute approximate surface area is 149 Å². The first-order valence-corrected chi connectivity index (χ1v) is 8.27. The molecule has 2 heterocycles. The van der Waals surface area contributed by atoms with E-state index in [0.29, 0.717) is 0 Å². The number of carbonyl (C=O) groups is 2. The first kappa shape index (κ1) is 17.7. The Morgan fingerprint density at radius 2 is 2.23 bits per heavy atom. The molecule has 26 heavy (non-hydrogen) atoms. The minimum absolute atomic E-state index is 0.0944. The molecule has 1 aliphatic rings. The maximum Gasteiger partial charge on any atom is 0.297 e. The number of ether oxygens (including phenoxy) is 1. The second kappa shape index (κ2) is 7.40. The fraction of sp³-hybridized carbons (Fsp3) is 0.278. The van der Waals surface area contributed by atoms with Gasteiger partial charge in [-0.25, -0.2) is 4.99 Å². The molecule has 1 amide bonds. The van der Waals surface area contributed by atoms with E-state index in [1.165, 1.54) is 12.3 Å². The molecule has 136 valence electrons. The van der Waals surface area contributed by atoms with Gasteiger partial charge >= 0.3 is 0 Å². The lowest BCUT2D eigenvalue weighted by Gasteiger charge is -2.15. The molecule has 3 atom stereocenters. The van der Waals surface area contributed by atoms with Gasteiger partial charge < -0.3 is 25.4 Å². The predicted molar refractivity (Wildman–Crippen MR) is 92.6 cm³/mol. The second-order valence-electron chi connectivity index (χ2n) is 6.18. The number of aliphatic carboxylic acids is 1. The molecule has 1 aromatic carbocycles. The van der Waals surface area contributed by atoms with Crippen LogP contribution < -0.4 is 16.2 Å². The number of nitrogens with one attached hydrogen (secondary N) is 2. The third-order valence-electron chi connectivity index (χ3n) is 4.34. The number of fused-ring (bicyclic) bond motifs is 1. The molecule has 0 unspecified atom stereocenters. The maximum atomic E-state index is 12.2. The number of benzene rings is 1. The van der Waals surface area contributed by atoms with Crippen LogP contribution in [-0.4, -0.2) is 35.0 Å². The Balaban J connectivity index is 1.68. The highest BCUT2D eigenvalue weighted by Gasteiger charge is 2.36. The van der Waals surface area contributed by atoms with E-state index >= 15 is 0 Å². The molecule has 1 aromatic heterocycles. The molecule has 0 bridgehead atoms. The third-order valence-corrected chi connectivity index (χ3v) is 4.34. The first-order chi connectivity index (χ1) is 12.5. The highest BCUT2D eigenvalue weighted by Crippen LogP contribution is 2.30. The number of para-hydroxylation sites is 1. The Kier molecular flexibility index (Phi) is 5.04. The lowest BCUT2D eigenvalue weighted by molar-refractivity contribution is -0.436. The van der Waals surface area contributed by atoms with Gasteiger partial charge in [-0.1, -0.05) is 31.2 Å². The van der Waals surface area contributed by atoms with Crippen LogP contribution in [0.25, 0.3) is 10.9 Å². The lowest BCUT2D eigenvalue weighted by Crippen LogP contribution is -2.68. The number of amides is 1. The van der Waals surface area contributed by atoms with Crippen molar-refractivity contribution >= 4 is 28.8 Å². The molecular weight excluding hydrogens is 336 g/mol. The zero-order chi connectivity index (χ0) is 18.7. The summed E-state index contributed by atoms with van der Waals surface area (Å²) in [6.07, 6.45) is 4.30. The number of carboxylic acid groups (broad SMARTS) is 1. The van der Waals surface area contributed by atoms with Crippen LogP contribution in [0.5, 0.6) is 0 Å². The van der Waals surface area contributed by atoms with Gasteiger partial charge in [0, 0.05) is 35.6 Å². The summed E-state index contributed by atoms with van der Waals surface area (Å²) in [5.74, 6) is -1.66. The molecular formula is C18H20N4O4. The Hall–Kier alpha value is -3.13. The van der Waals surface area contributed by atoms with Gasteiger partial charge in [0.15, 0.2) is 6.10 Å². The van der Waals surface area contributed by atoms with Gasteiger partial charge in [0.2, 0.25) is 0 Å². The molecule has 0 radical (unpaired) electrons. The van der Waals surface area contributed by atoms with Crippen LogP contribution in [0.2, 0.25) is 0 Å². The van der Waals surface area contributed by atoms with Gasteiger partial charge in [0.1, 0.15) is 6.04 Å². The zero-order valence-electron chi connectivity index (χ0n) is 14.3. The van der Waals surface area contributed by atoms with Crippen LogP contribution in [0.15, 0.2) is 47.7 Å². The van der Waals surface area contributed by atoms with Gasteiger partial charge in [0.25, 0.3) is 11.9 Å². The summed E-state index contributed by atoms with van der Waals surface area (Å²) in [7, 11) is 0. The summed E-state index contributed by atoms with van der Waals surface area (Å²) in [6.45, 7) is 1.92. The van der Waals surface area contributed by atoms with E-state index in [1.807, 2.05) is 37.4 Å². The number of rotatable bonds is 6. The molecule has 1 fully saturated rings. The summed E-state index contributed by atoms with van der Waals surface area (Å²) in [4.78, 5) is 30.0. The highest BCUT2D eigenvalue weighted by atomic mass is 16.5. The minimum Gasteiger partial charge on any atom is -0.544 e. The first-order valence-electron chi connectivity index (χ1n) is 8.27. The maximum absolute atomic E-state index is 12.2. The number of aromatic amines is 1. The summed E-state index contributed by atoms with van der Waals surface area (Å²) in [5.41, 5.74) is 5.43. The van der Waals surface area contributed by atoms with Crippen LogP contribution in [0, 0.1) is 0 Å². The number of amidine groups is 1. The number of hydrogen-bond donors (Lipinski definition) is 3. The van der Waals surface area contributed by atoms with E-state index in [2.05, 4.69) is 21.0 Å². The predicted octanol–water partition coefficient (Wildman–Crippen LogP) is -0.593. The Morgan fingerprint density at radius 1 is 1.46 bits per heavy atom. The summed E-state index contributed by atoms with van der Waals surface area (Å²) in [6, 6.07) is 7.11. The topological polar surface area (TPSA) is 134 Å². The number of quaternary nitrogens is 1. The number of hydrogen-bond acceptors (Lipinski definition) is 5. The van der Waals surface area contributed by atoms with Crippen molar-refractivity contribution in [3.05, 3.63) is 48.3 Å². The summed E-state index contributed by atoms with van der Waals surface area (Å²) < 4.78 is 5.64. The molecule has 8 heteroatoms. The molecule has 2 aromatic rings. The normalized spacial score (nSPS) is 21.1. The lowest BCUT2D eigenvalue weighted by atomic mass is 9.94. The summed E-state index contributed by atoms with van der Waals surface area (Å²) in [5, 5.41) is 14.2. The standard InChI is InChI=1S/C18H20N4O4/c1-10(12-9-21-14-7-3-2-5-11(12)14)15-16(23)22-18(26-15)20-8-4-6-13(19)17(24)25/h2-5,7-10,13,15,21H,6,19H2,1H3,(H,24,25)(H,20,22,23)/b8-4+/t10-,13-,15+/m1/s1. The van der Waals surface area contributed by atoms with E-state index in [4.69, 9.17) is 4.74 Å². The zero-order valence-corrected chi connectivity index (χ0v) is 14.3. The van der Waals surface area contributed by atoms with Crippen molar-refractivity contribution in [3.63, 3.8) is 0 Å². The molecule has 5 N–H and O–H groups in total. The number of aromatic nitrogens is 1. The molecule has 1 saturated heterocycles. The van der Waals surface area contributed by atoms with Gasteiger partial charge in [-0.05, 0) is 11.6 Å². The number of aliphatic imine (C=N–C) groups is 1. The van der Waals surface area contributed by atoms with Gasteiger partial charge in [-0.3, -0.25) is 10.1 Å². The van der Waals surface area contributed by atoms with Crippen LogP contribution in [0.1, 0.15) is 24.8 Å². The van der Waals surface area contributed by atoms with Crippen molar-refractivity contribution in [1.29, 1.82) is 0 Å². The smallest absolute Gasteiger partial charge is 0.297 e. The second-order valence-corrected chi connectivity index (χ2v) is 6.18.